The van der Waals surface area contributed by atoms with Gasteiger partial charge in [-0.25, -0.2) is 9.78 Å². The summed E-state index contributed by atoms with van der Waals surface area (Å²) in [4.78, 5) is 18.1. The smallest absolute Gasteiger partial charge is 0.321 e. The first-order valence-electron chi connectivity index (χ1n) is 8.28. The Balaban J connectivity index is 1.59. The van der Waals surface area contributed by atoms with Gasteiger partial charge in [-0.1, -0.05) is 31.5 Å². The Kier molecular flexibility index (Phi) is 4.63. The fraction of sp³-hybridized carbons (Fsp3) is 0.368. The summed E-state index contributed by atoms with van der Waals surface area (Å²) < 4.78 is 5.67. The van der Waals surface area contributed by atoms with Crippen molar-refractivity contribution in [3.05, 3.63) is 48.2 Å². The Morgan fingerprint density at radius 2 is 2.00 bits per heavy atom. The van der Waals surface area contributed by atoms with Gasteiger partial charge in [0.1, 0.15) is 5.75 Å². The summed E-state index contributed by atoms with van der Waals surface area (Å²) in [6.07, 6.45) is 1.04. The summed E-state index contributed by atoms with van der Waals surface area (Å²) in [7, 11) is 0. The van der Waals surface area contributed by atoms with Gasteiger partial charge in [0.2, 0.25) is 5.88 Å². The number of hydrogen-bond donors (Lipinski definition) is 2. The average molecular weight is 341 g/mol. The third kappa shape index (κ3) is 4.09. The van der Waals surface area contributed by atoms with Crippen LogP contribution in [0, 0.1) is 12.3 Å². The summed E-state index contributed by atoms with van der Waals surface area (Å²) in [5.41, 5.74) is 1.45. The Bertz CT molecular complexity index is 742. The van der Waals surface area contributed by atoms with Crippen molar-refractivity contribution in [2.24, 2.45) is 5.41 Å². The summed E-state index contributed by atoms with van der Waals surface area (Å²) >= 11 is 0. The van der Waals surface area contributed by atoms with Crippen molar-refractivity contribution >= 4 is 11.7 Å². The van der Waals surface area contributed by atoms with Crippen LogP contribution in [0.4, 0.5) is 10.5 Å². The molecule has 0 radical (unpaired) electrons. The lowest BCUT2D eigenvalue weighted by atomic mass is 9.90. The summed E-state index contributed by atoms with van der Waals surface area (Å²) in [6.45, 7) is 6.76. The standard InChI is InChI=1S/C19H23N3O3/c1-13-4-7-15(8-5-13)25-17-9-6-14(10-20-17)21-18(24)22-11-16(23)19(2,3)12-22/h4-10,16,23H,11-12H2,1-3H3,(H,21,24). The molecule has 0 spiro atoms. The summed E-state index contributed by atoms with van der Waals surface area (Å²) in [5, 5.41) is 12.8. The van der Waals surface area contributed by atoms with Gasteiger partial charge < -0.3 is 20.1 Å². The molecule has 1 fully saturated rings. The number of aliphatic hydroxyl groups excluding tert-OH is 1. The SMILES string of the molecule is Cc1ccc(Oc2ccc(NC(=O)N3CC(O)C(C)(C)C3)cn2)cc1. The Hall–Kier alpha value is -2.60. The fourth-order valence-electron chi connectivity index (χ4n) is 2.72. The largest absolute Gasteiger partial charge is 0.439 e. The Morgan fingerprint density at radius 1 is 1.28 bits per heavy atom. The molecule has 6 nitrogen and oxygen atoms in total. The van der Waals surface area contributed by atoms with E-state index in [1.54, 1.807) is 23.2 Å². The number of amides is 2. The lowest BCUT2D eigenvalue weighted by molar-refractivity contribution is 0.0957. The lowest BCUT2D eigenvalue weighted by Gasteiger charge is -2.21. The summed E-state index contributed by atoms with van der Waals surface area (Å²) in [6, 6.07) is 10.9. The number of benzene rings is 1. The molecule has 2 heterocycles. The number of aryl methyl sites for hydroxylation is 1. The van der Waals surface area contributed by atoms with E-state index in [1.807, 2.05) is 45.0 Å². The number of hydrogen-bond acceptors (Lipinski definition) is 4. The number of nitrogens with zero attached hydrogens (tertiary/aromatic N) is 2. The summed E-state index contributed by atoms with van der Waals surface area (Å²) in [5.74, 6) is 1.17. The molecule has 25 heavy (non-hydrogen) atoms. The van der Waals surface area contributed by atoms with E-state index in [-0.39, 0.29) is 11.4 Å². The Labute approximate surface area is 147 Å². The number of carbonyl (C=O) groups excluding carboxylic acids is 1. The van der Waals surface area contributed by atoms with Crippen LogP contribution < -0.4 is 10.1 Å². The zero-order valence-electron chi connectivity index (χ0n) is 14.7. The molecule has 1 saturated heterocycles. The van der Waals surface area contributed by atoms with Crippen LogP contribution >= 0.6 is 0 Å². The molecule has 132 valence electrons. The van der Waals surface area contributed by atoms with Crippen LogP contribution in [0.2, 0.25) is 0 Å². The molecule has 1 aromatic heterocycles. The second-order valence-corrected chi connectivity index (χ2v) is 7.12. The zero-order valence-corrected chi connectivity index (χ0v) is 14.7. The van der Waals surface area contributed by atoms with Gasteiger partial charge in [-0.3, -0.25) is 0 Å². The van der Waals surface area contributed by atoms with Crippen molar-refractivity contribution in [3.63, 3.8) is 0 Å². The number of urea groups is 1. The van der Waals surface area contributed by atoms with E-state index in [2.05, 4.69) is 10.3 Å². The van der Waals surface area contributed by atoms with Gasteiger partial charge in [-0.2, -0.15) is 0 Å². The number of aliphatic hydroxyl groups is 1. The first-order chi connectivity index (χ1) is 11.8. The van der Waals surface area contributed by atoms with Crippen molar-refractivity contribution in [1.82, 2.24) is 9.88 Å². The van der Waals surface area contributed by atoms with Gasteiger partial charge in [0.05, 0.1) is 18.0 Å². The Morgan fingerprint density at radius 3 is 2.56 bits per heavy atom. The molecule has 0 aliphatic carbocycles. The number of aromatic nitrogens is 1. The second-order valence-electron chi connectivity index (χ2n) is 7.12. The number of rotatable bonds is 3. The molecule has 6 heteroatoms. The molecule has 1 atom stereocenters. The second kappa shape index (κ2) is 6.72. The normalized spacial score (nSPS) is 18.9. The molecular formula is C19H23N3O3. The first-order valence-corrected chi connectivity index (χ1v) is 8.28. The molecule has 1 aromatic carbocycles. The van der Waals surface area contributed by atoms with Gasteiger partial charge in [0.25, 0.3) is 0 Å². The van der Waals surface area contributed by atoms with Crippen LogP contribution in [0.1, 0.15) is 19.4 Å². The molecular weight excluding hydrogens is 318 g/mol. The highest BCUT2D eigenvalue weighted by Crippen LogP contribution is 2.30. The van der Waals surface area contributed by atoms with Gasteiger partial charge in [0, 0.05) is 24.6 Å². The van der Waals surface area contributed by atoms with Crippen molar-refractivity contribution in [3.8, 4) is 11.6 Å². The van der Waals surface area contributed by atoms with E-state index in [1.165, 1.54) is 0 Å². The van der Waals surface area contributed by atoms with E-state index in [0.717, 1.165) is 5.56 Å². The van der Waals surface area contributed by atoms with Gasteiger partial charge >= 0.3 is 6.03 Å². The molecule has 2 aromatic rings. The van der Waals surface area contributed by atoms with Crippen LogP contribution in [0.5, 0.6) is 11.6 Å². The number of carbonyl (C=O) groups is 1. The van der Waals surface area contributed by atoms with Crippen LogP contribution in [0.25, 0.3) is 0 Å². The maximum atomic E-state index is 12.3. The number of likely N-dealkylation sites (tertiary alicyclic amines) is 1. The predicted octanol–water partition coefficient (Wildman–Crippen LogP) is 3.42. The highest BCUT2D eigenvalue weighted by molar-refractivity contribution is 5.89. The minimum Gasteiger partial charge on any atom is -0.439 e. The van der Waals surface area contributed by atoms with Crippen LogP contribution in [-0.4, -0.2) is 40.2 Å². The molecule has 2 amide bonds. The highest BCUT2D eigenvalue weighted by atomic mass is 16.5. The average Bonchev–Trinajstić information content (AvgIpc) is 2.85. The molecule has 3 rings (SSSR count). The quantitative estimate of drug-likeness (QED) is 0.897. The van der Waals surface area contributed by atoms with E-state index in [9.17, 15) is 9.90 Å². The van der Waals surface area contributed by atoms with E-state index < -0.39 is 6.10 Å². The van der Waals surface area contributed by atoms with Crippen molar-refractivity contribution < 1.29 is 14.6 Å². The van der Waals surface area contributed by atoms with Crippen LogP contribution in [0.3, 0.4) is 0 Å². The highest BCUT2D eigenvalue weighted by Gasteiger charge is 2.40. The van der Waals surface area contributed by atoms with Gasteiger partial charge in [0.15, 0.2) is 0 Å². The van der Waals surface area contributed by atoms with Gasteiger partial charge in [-0.15, -0.1) is 0 Å². The third-order valence-corrected chi connectivity index (χ3v) is 4.41. The molecule has 1 aliphatic heterocycles. The van der Waals surface area contributed by atoms with Gasteiger partial charge in [-0.05, 0) is 25.1 Å². The fourth-order valence-corrected chi connectivity index (χ4v) is 2.72. The zero-order chi connectivity index (χ0) is 18.0. The lowest BCUT2D eigenvalue weighted by Crippen LogP contribution is -2.34. The molecule has 0 saturated carbocycles. The number of anilines is 1. The number of ether oxygens (including phenoxy) is 1. The number of nitrogens with one attached hydrogen (secondary N) is 1. The van der Waals surface area contributed by atoms with Crippen molar-refractivity contribution in [2.45, 2.75) is 26.9 Å². The molecule has 2 N–H and O–H groups in total. The third-order valence-electron chi connectivity index (χ3n) is 4.41. The minimum atomic E-state index is -0.512. The first kappa shape index (κ1) is 17.2. The maximum Gasteiger partial charge on any atom is 0.321 e. The van der Waals surface area contributed by atoms with Crippen LogP contribution in [0.15, 0.2) is 42.6 Å². The molecule has 1 aliphatic rings. The monoisotopic (exact) mass is 341 g/mol. The van der Waals surface area contributed by atoms with E-state index >= 15 is 0 Å². The van der Waals surface area contributed by atoms with Crippen molar-refractivity contribution in [1.29, 1.82) is 0 Å². The molecule has 0 bridgehead atoms. The van der Waals surface area contributed by atoms with Crippen molar-refractivity contribution in [2.75, 3.05) is 18.4 Å². The number of β-amino-alcohol motifs (C(OH)–C–C–N with tert-alkyl or cyclic N) is 1. The van der Waals surface area contributed by atoms with E-state index in [4.69, 9.17) is 4.74 Å². The van der Waals surface area contributed by atoms with Crippen LogP contribution in [-0.2, 0) is 0 Å². The topological polar surface area (TPSA) is 74.7 Å². The maximum absolute atomic E-state index is 12.3. The molecule has 1 unspecified atom stereocenters. The minimum absolute atomic E-state index is 0.237. The van der Waals surface area contributed by atoms with E-state index in [0.29, 0.717) is 30.4 Å². The number of pyridine rings is 1. The predicted molar refractivity (Wildman–Crippen MR) is 95.9 cm³/mol.